The van der Waals surface area contributed by atoms with Gasteiger partial charge in [0.05, 0.1) is 0 Å². The first-order chi connectivity index (χ1) is 6.97. The summed E-state index contributed by atoms with van der Waals surface area (Å²) in [5.74, 6) is 0.306. The predicted octanol–water partition coefficient (Wildman–Crippen LogP) is 1.18. The number of hydrogen-bond acceptors (Lipinski definition) is 2. The van der Waals surface area contributed by atoms with Crippen LogP contribution in [0.3, 0.4) is 0 Å². The number of aromatic amines is 1. The zero-order chi connectivity index (χ0) is 11.6. The molecule has 0 fully saturated rings. The number of nitrogens with zero attached hydrogens (tertiary/aromatic N) is 1. The zero-order valence-electron chi connectivity index (χ0n) is 9.13. The molecule has 0 spiro atoms. The molecule has 1 N–H and O–H groups in total. The van der Waals surface area contributed by atoms with E-state index in [-0.39, 0.29) is 11.1 Å². The van der Waals surface area contributed by atoms with Crippen molar-refractivity contribution in [3.8, 4) is 0 Å². The maximum atomic E-state index is 11.8. The van der Waals surface area contributed by atoms with Crippen molar-refractivity contribution in [3.63, 3.8) is 0 Å². The van der Waals surface area contributed by atoms with Gasteiger partial charge in [0, 0.05) is 23.0 Å². The summed E-state index contributed by atoms with van der Waals surface area (Å²) in [5, 5.41) is 3.38. The molecule has 1 unspecified atom stereocenters. The fourth-order valence-electron chi connectivity index (χ4n) is 1.28. The molecular weight excluding hydrogens is 260 g/mol. The van der Waals surface area contributed by atoms with Gasteiger partial charge >= 0.3 is 0 Å². The number of hydrogen-bond donors (Lipinski definition) is 1. The van der Waals surface area contributed by atoms with Crippen LogP contribution in [0.4, 0.5) is 0 Å². The SMILES string of the molecule is Cc1c(C)c(=O)n(CC(C)CBr)[nH]c1=O. The van der Waals surface area contributed by atoms with Crippen LogP contribution in [0.25, 0.3) is 0 Å². The van der Waals surface area contributed by atoms with Crippen LogP contribution in [-0.4, -0.2) is 15.1 Å². The maximum absolute atomic E-state index is 11.8. The van der Waals surface area contributed by atoms with Crippen molar-refractivity contribution in [2.75, 3.05) is 5.33 Å². The van der Waals surface area contributed by atoms with Crippen LogP contribution in [0.1, 0.15) is 18.1 Å². The molecule has 0 aliphatic heterocycles. The standard InChI is InChI=1S/C10H15BrN2O2/c1-6(4-11)5-13-10(15)8(3)7(2)9(14)12-13/h6H,4-5H2,1-3H3,(H,12,14). The van der Waals surface area contributed by atoms with Crippen LogP contribution >= 0.6 is 15.9 Å². The first kappa shape index (κ1) is 12.2. The number of alkyl halides is 1. The van der Waals surface area contributed by atoms with E-state index in [2.05, 4.69) is 21.0 Å². The summed E-state index contributed by atoms with van der Waals surface area (Å²) in [6.07, 6.45) is 0. The van der Waals surface area contributed by atoms with E-state index in [0.29, 0.717) is 23.6 Å². The minimum atomic E-state index is -0.186. The third-order valence-corrected chi connectivity index (χ3v) is 3.57. The van der Waals surface area contributed by atoms with Crippen LogP contribution in [0.2, 0.25) is 0 Å². The van der Waals surface area contributed by atoms with E-state index in [9.17, 15) is 9.59 Å². The van der Waals surface area contributed by atoms with Gasteiger partial charge in [0.2, 0.25) is 0 Å². The third-order valence-electron chi connectivity index (χ3n) is 2.46. The second-order valence-electron chi connectivity index (χ2n) is 3.87. The second kappa shape index (κ2) is 4.79. The topological polar surface area (TPSA) is 54.9 Å². The average Bonchev–Trinajstić information content (AvgIpc) is 2.22. The van der Waals surface area contributed by atoms with Gasteiger partial charge < -0.3 is 0 Å². The highest BCUT2D eigenvalue weighted by molar-refractivity contribution is 9.09. The first-order valence-corrected chi connectivity index (χ1v) is 5.95. The first-order valence-electron chi connectivity index (χ1n) is 4.83. The number of aromatic nitrogens is 2. The highest BCUT2D eigenvalue weighted by Crippen LogP contribution is 2.01. The van der Waals surface area contributed by atoms with Crippen LogP contribution in [0, 0.1) is 19.8 Å². The van der Waals surface area contributed by atoms with Crippen LogP contribution < -0.4 is 11.1 Å². The van der Waals surface area contributed by atoms with E-state index in [1.807, 2.05) is 6.92 Å². The van der Waals surface area contributed by atoms with Crippen LogP contribution in [0.15, 0.2) is 9.59 Å². The molecule has 0 aromatic carbocycles. The van der Waals surface area contributed by atoms with Crippen LogP contribution in [-0.2, 0) is 6.54 Å². The summed E-state index contributed by atoms with van der Waals surface area (Å²) in [6, 6.07) is 0. The fourth-order valence-corrected chi connectivity index (χ4v) is 1.48. The molecular formula is C10H15BrN2O2. The molecule has 5 heteroatoms. The molecule has 0 amide bonds. The monoisotopic (exact) mass is 274 g/mol. The molecule has 1 aromatic rings. The molecule has 1 rings (SSSR count). The van der Waals surface area contributed by atoms with Gasteiger partial charge in [-0.25, -0.2) is 4.68 Å². The highest BCUT2D eigenvalue weighted by atomic mass is 79.9. The summed E-state index contributed by atoms with van der Waals surface area (Å²) in [7, 11) is 0. The number of halogens is 1. The third kappa shape index (κ3) is 2.59. The van der Waals surface area contributed by atoms with E-state index in [1.165, 1.54) is 4.68 Å². The highest BCUT2D eigenvalue weighted by Gasteiger charge is 2.09. The Balaban J connectivity index is 3.21. The molecule has 1 aromatic heterocycles. The van der Waals surface area contributed by atoms with Crippen molar-refractivity contribution >= 4 is 15.9 Å². The van der Waals surface area contributed by atoms with Crippen molar-refractivity contribution in [2.45, 2.75) is 27.3 Å². The van der Waals surface area contributed by atoms with Crippen molar-refractivity contribution in [2.24, 2.45) is 5.92 Å². The molecule has 0 saturated carbocycles. The lowest BCUT2D eigenvalue weighted by Crippen LogP contribution is -2.34. The van der Waals surface area contributed by atoms with E-state index in [0.717, 1.165) is 5.33 Å². The van der Waals surface area contributed by atoms with E-state index in [4.69, 9.17) is 0 Å². The van der Waals surface area contributed by atoms with Gasteiger partial charge in [-0.1, -0.05) is 22.9 Å². The van der Waals surface area contributed by atoms with Crippen molar-refractivity contribution < 1.29 is 0 Å². The Hall–Kier alpha value is -0.840. The van der Waals surface area contributed by atoms with Gasteiger partial charge in [-0.05, 0) is 19.8 Å². The largest absolute Gasteiger partial charge is 0.268 e. The second-order valence-corrected chi connectivity index (χ2v) is 4.51. The predicted molar refractivity (Wildman–Crippen MR) is 63.8 cm³/mol. The normalized spacial score (nSPS) is 12.8. The minimum Gasteiger partial charge on any atom is -0.268 e. The molecule has 0 aliphatic rings. The Morgan fingerprint density at radius 1 is 1.33 bits per heavy atom. The van der Waals surface area contributed by atoms with E-state index in [1.54, 1.807) is 13.8 Å². The summed E-state index contributed by atoms with van der Waals surface area (Å²) in [4.78, 5) is 23.2. The maximum Gasteiger partial charge on any atom is 0.268 e. The summed E-state index contributed by atoms with van der Waals surface area (Å²) in [6.45, 7) is 5.88. The Bertz CT molecular complexity index is 461. The Morgan fingerprint density at radius 3 is 2.47 bits per heavy atom. The van der Waals surface area contributed by atoms with Crippen molar-refractivity contribution in [1.82, 2.24) is 9.78 Å². The Labute approximate surface area is 96.4 Å². The fraction of sp³-hybridized carbons (Fsp3) is 0.600. The van der Waals surface area contributed by atoms with Crippen LogP contribution in [0.5, 0.6) is 0 Å². The molecule has 0 saturated heterocycles. The quantitative estimate of drug-likeness (QED) is 0.842. The summed E-state index contributed by atoms with van der Waals surface area (Å²) in [5.41, 5.74) is 0.733. The molecule has 15 heavy (non-hydrogen) atoms. The van der Waals surface area contributed by atoms with E-state index >= 15 is 0 Å². The molecule has 84 valence electrons. The number of rotatable bonds is 3. The Morgan fingerprint density at radius 2 is 1.93 bits per heavy atom. The zero-order valence-corrected chi connectivity index (χ0v) is 10.7. The van der Waals surface area contributed by atoms with Crippen molar-refractivity contribution in [3.05, 3.63) is 31.8 Å². The minimum absolute atomic E-state index is 0.111. The van der Waals surface area contributed by atoms with Crippen molar-refractivity contribution in [1.29, 1.82) is 0 Å². The van der Waals surface area contributed by atoms with E-state index < -0.39 is 0 Å². The lowest BCUT2D eigenvalue weighted by Gasteiger charge is -2.11. The molecule has 1 heterocycles. The van der Waals surface area contributed by atoms with Gasteiger partial charge in [0.25, 0.3) is 11.1 Å². The number of nitrogens with one attached hydrogen (secondary N) is 1. The van der Waals surface area contributed by atoms with Gasteiger partial charge in [-0.3, -0.25) is 14.7 Å². The smallest absolute Gasteiger partial charge is 0.268 e. The molecule has 0 radical (unpaired) electrons. The molecule has 0 bridgehead atoms. The van der Waals surface area contributed by atoms with Gasteiger partial charge in [-0.15, -0.1) is 0 Å². The van der Waals surface area contributed by atoms with Gasteiger partial charge in [-0.2, -0.15) is 0 Å². The van der Waals surface area contributed by atoms with Gasteiger partial charge in [0.1, 0.15) is 0 Å². The number of H-pyrrole nitrogens is 1. The molecule has 0 aliphatic carbocycles. The molecule has 1 atom stereocenters. The lowest BCUT2D eigenvalue weighted by atomic mass is 10.2. The summed E-state index contributed by atoms with van der Waals surface area (Å²) < 4.78 is 1.39. The Kier molecular flexibility index (Phi) is 3.90. The average molecular weight is 275 g/mol. The van der Waals surface area contributed by atoms with Gasteiger partial charge in [0.15, 0.2) is 0 Å². The lowest BCUT2D eigenvalue weighted by molar-refractivity contribution is 0.463. The molecule has 4 nitrogen and oxygen atoms in total. The summed E-state index contributed by atoms with van der Waals surface area (Å²) >= 11 is 3.34.